The summed E-state index contributed by atoms with van der Waals surface area (Å²) in [5.74, 6) is 0. The first kappa shape index (κ1) is 12.7. The number of rotatable bonds is 4. The SMILES string of the molecule is CNCc1cn(Cc2ccc(Cl)s2)c2ncccc12. The fourth-order valence-corrected chi connectivity index (χ4v) is 3.34. The Hall–Kier alpha value is -1.36. The van der Waals surface area contributed by atoms with Crippen molar-refractivity contribution in [3.05, 3.63) is 51.4 Å². The van der Waals surface area contributed by atoms with Crippen LogP contribution in [0.3, 0.4) is 0 Å². The Morgan fingerprint density at radius 2 is 2.26 bits per heavy atom. The fraction of sp³-hybridized carbons (Fsp3) is 0.214. The van der Waals surface area contributed by atoms with Gasteiger partial charge in [0.25, 0.3) is 0 Å². The molecule has 0 fully saturated rings. The average molecular weight is 292 g/mol. The third kappa shape index (κ3) is 2.52. The van der Waals surface area contributed by atoms with Gasteiger partial charge in [-0.3, -0.25) is 0 Å². The lowest BCUT2D eigenvalue weighted by atomic mass is 10.2. The predicted molar refractivity (Wildman–Crippen MR) is 80.9 cm³/mol. The summed E-state index contributed by atoms with van der Waals surface area (Å²) in [5, 5.41) is 4.41. The molecule has 19 heavy (non-hydrogen) atoms. The quantitative estimate of drug-likeness (QED) is 0.797. The van der Waals surface area contributed by atoms with E-state index in [-0.39, 0.29) is 0 Å². The van der Waals surface area contributed by atoms with Crippen LogP contribution in [0.5, 0.6) is 0 Å². The summed E-state index contributed by atoms with van der Waals surface area (Å²) in [6, 6.07) is 8.11. The second-order valence-corrected chi connectivity index (χ2v) is 6.19. The summed E-state index contributed by atoms with van der Waals surface area (Å²) in [4.78, 5) is 5.73. The molecule has 0 bridgehead atoms. The first-order valence-corrected chi connectivity index (χ1v) is 7.29. The lowest BCUT2D eigenvalue weighted by Gasteiger charge is -2.01. The highest BCUT2D eigenvalue weighted by Crippen LogP contribution is 2.25. The highest BCUT2D eigenvalue weighted by Gasteiger charge is 2.09. The van der Waals surface area contributed by atoms with Gasteiger partial charge in [-0.2, -0.15) is 0 Å². The van der Waals surface area contributed by atoms with Crippen LogP contribution < -0.4 is 5.32 Å². The molecular weight excluding hydrogens is 278 g/mol. The van der Waals surface area contributed by atoms with Crippen molar-refractivity contribution in [2.45, 2.75) is 13.1 Å². The molecule has 3 heterocycles. The zero-order valence-electron chi connectivity index (χ0n) is 10.6. The van der Waals surface area contributed by atoms with E-state index in [1.165, 1.54) is 15.8 Å². The van der Waals surface area contributed by atoms with Crippen LogP contribution in [-0.2, 0) is 13.1 Å². The Kier molecular flexibility index (Phi) is 3.55. The highest BCUT2D eigenvalue weighted by atomic mass is 35.5. The van der Waals surface area contributed by atoms with Crippen LogP contribution in [0, 0.1) is 0 Å². The van der Waals surface area contributed by atoms with Crippen LogP contribution in [0.15, 0.2) is 36.7 Å². The fourth-order valence-electron chi connectivity index (χ4n) is 2.25. The van der Waals surface area contributed by atoms with Crippen molar-refractivity contribution in [3.8, 4) is 0 Å². The Labute approximate surface area is 120 Å². The summed E-state index contributed by atoms with van der Waals surface area (Å²) in [7, 11) is 1.96. The number of pyridine rings is 1. The molecule has 0 saturated carbocycles. The van der Waals surface area contributed by atoms with Crippen molar-refractivity contribution in [2.24, 2.45) is 0 Å². The smallest absolute Gasteiger partial charge is 0.140 e. The standard InChI is InChI=1S/C14H14ClN3S/c1-16-7-10-8-18(9-11-4-5-13(15)19-11)14-12(10)3-2-6-17-14/h2-6,8,16H,7,9H2,1H3. The molecule has 0 aliphatic heterocycles. The van der Waals surface area contributed by atoms with E-state index in [4.69, 9.17) is 11.6 Å². The van der Waals surface area contributed by atoms with E-state index in [9.17, 15) is 0 Å². The van der Waals surface area contributed by atoms with E-state index in [0.717, 1.165) is 23.1 Å². The predicted octanol–water partition coefficient (Wildman–Crippen LogP) is 3.52. The number of halogens is 1. The van der Waals surface area contributed by atoms with Crippen LogP contribution in [0.4, 0.5) is 0 Å². The maximum Gasteiger partial charge on any atom is 0.140 e. The maximum absolute atomic E-state index is 5.98. The van der Waals surface area contributed by atoms with Crippen molar-refractivity contribution >= 4 is 34.0 Å². The van der Waals surface area contributed by atoms with E-state index in [0.29, 0.717) is 0 Å². The molecule has 98 valence electrons. The molecule has 5 heteroatoms. The molecule has 0 unspecified atom stereocenters. The molecule has 0 aliphatic carbocycles. The summed E-state index contributed by atoms with van der Waals surface area (Å²) < 4.78 is 3.01. The van der Waals surface area contributed by atoms with Crippen LogP contribution in [0.2, 0.25) is 4.34 Å². The average Bonchev–Trinajstić information content (AvgIpc) is 2.97. The lowest BCUT2D eigenvalue weighted by molar-refractivity contribution is 0.797. The largest absolute Gasteiger partial charge is 0.327 e. The summed E-state index contributed by atoms with van der Waals surface area (Å²) in [6.07, 6.45) is 4.01. The Balaban J connectivity index is 2.03. The monoisotopic (exact) mass is 291 g/mol. The van der Waals surface area contributed by atoms with Gasteiger partial charge in [0.15, 0.2) is 0 Å². The zero-order valence-corrected chi connectivity index (χ0v) is 12.1. The molecule has 0 amide bonds. The number of thiophene rings is 1. The number of nitrogens with one attached hydrogen (secondary N) is 1. The minimum Gasteiger partial charge on any atom is -0.327 e. The van der Waals surface area contributed by atoms with Crippen LogP contribution in [0.1, 0.15) is 10.4 Å². The van der Waals surface area contributed by atoms with Gasteiger partial charge < -0.3 is 9.88 Å². The molecule has 0 saturated heterocycles. The van der Waals surface area contributed by atoms with Crippen molar-refractivity contribution in [1.82, 2.24) is 14.9 Å². The van der Waals surface area contributed by atoms with Gasteiger partial charge in [-0.05, 0) is 36.9 Å². The van der Waals surface area contributed by atoms with Gasteiger partial charge in [0.1, 0.15) is 5.65 Å². The van der Waals surface area contributed by atoms with E-state index in [1.54, 1.807) is 11.3 Å². The summed E-state index contributed by atoms with van der Waals surface area (Å²) in [5.41, 5.74) is 2.30. The lowest BCUT2D eigenvalue weighted by Crippen LogP contribution is -2.04. The topological polar surface area (TPSA) is 29.9 Å². The van der Waals surface area contributed by atoms with E-state index in [2.05, 4.69) is 33.2 Å². The molecule has 0 radical (unpaired) electrons. The van der Waals surface area contributed by atoms with Gasteiger partial charge in [0.05, 0.1) is 10.9 Å². The molecule has 1 N–H and O–H groups in total. The van der Waals surface area contributed by atoms with E-state index >= 15 is 0 Å². The number of fused-ring (bicyclic) bond motifs is 1. The molecule has 0 spiro atoms. The van der Waals surface area contributed by atoms with Crippen LogP contribution in [-0.4, -0.2) is 16.6 Å². The maximum atomic E-state index is 5.98. The van der Waals surface area contributed by atoms with Gasteiger partial charge in [0, 0.05) is 29.2 Å². The normalized spacial score (nSPS) is 11.3. The second kappa shape index (κ2) is 5.33. The van der Waals surface area contributed by atoms with Gasteiger partial charge >= 0.3 is 0 Å². The van der Waals surface area contributed by atoms with E-state index < -0.39 is 0 Å². The van der Waals surface area contributed by atoms with Crippen molar-refractivity contribution in [3.63, 3.8) is 0 Å². The first-order chi connectivity index (χ1) is 9.28. The van der Waals surface area contributed by atoms with Crippen molar-refractivity contribution < 1.29 is 0 Å². The molecule has 3 aromatic heterocycles. The molecule has 0 aromatic carbocycles. The van der Waals surface area contributed by atoms with E-state index in [1.807, 2.05) is 25.4 Å². The Bertz CT molecular complexity index is 702. The molecular formula is C14H14ClN3S. The second-order valence-electron chi connectivity index (χ2n) is 4.39. The first-order valence-electron chi connectivity index (χ1n) is 6.09. The van der Waals surface area contributed by atoms with Gasteiger partial charge in [-0.15, -0.1) is 11.3 Å². The van der Waals surface area contributed by atoms with Crippen LogP contribution >= 0.6 is 22.9 Å². The van der Waals surface area contributed by atoms with Crippen molar-refractivity contribution in [1.29, 1.82) is 0 Å². The highest BCUT2D eigenvalue weighted by molar-refractivity contribution is 7.16. The van der Waals surface area contributed by atoms with Gasteiger partial charge in [-0.1, -0.05) is 11.6 Å². The minimum absolute atomic E-state index is 0.814. The molecule has 3 aromatic rings. The van der Waals surface area contributed by atoms with Crippen LogP contribution in [0.25, 0.3) is 11.0 Å². The third-order valence-corrected chi connectivity index (χ3v) is 4.25. The molecule has 0 aliphatic rings. The Morgan fingerprint density at radius 3 is 3.00 bits per heavy atom. The molecule has 3 rings (SSSR count). The number of aromatic nitrogens is 2. The van der Waals surface area contributed by atoms with Gasteiger partial charge in [0.2, 0.25) is 0 Å². The summed E-state index contributed by atoms with van der Waals surface area (Å²) in [6.45, 7) is 1.66. The third-order valence-electron chi connectivity index (χ3n) is 3.04. The minimum atomic E-state index is 0.814. The Morgan fingerprint density at radius 1 is 1.37 bits per heavy atom. The number of hydrogen-bond donors (Lipinski definition) is 1. The number of nitrogens with zero attached hydrogens (tertiary/aromatic N) is 2. The van der Waals surface area contributed by atoms with Crippen molar-refractivity contribution in [2.75, 3.05) is 7.05 Å². The molecule has 0 atom stereocenters. The molecule has 3 nitrogen and oxygen atoms in total. The summed E-state index contributed by atoms with van der Waals surface area (Å²) >= 11 is 7.60. The zero-order chi connectivity index (χ0) is 13.2. The number of hydrogen-bond acceptors (Lipinski definition) is 3. The van der Waals surface area contributed by atoms with Gasteiger partial charge in [-0.25, -0.2) is 4.98 Å².